The van der Waals surface area contributed by atoms with Gasteiger partial charge in [0.15, 0.2) is 6.61 Å². The summed E-state index contributed by atoms with van der Waals surface area (Å²) in [6.07, 6.45) is 0.951. The molecule has 0 fully saturated rings. The Hall–Kier alpha value is -1.73. The molecule has 0 saturated heterocycles. The molecule has 0 aliphatic heterocycles. The van der Waals surface area contributed by atoms with Gasteiger partial charge < -0.3 is 15.2 Å². The second-order valence-electron chi connectivity index (χ2n) is 3.27. The molecule has 1 aromatic rings. The molecular weight excluding hydrogens is 204 g/mol. The van der Waals surface area contributed by atoms with Gasteiger partial charge in [-0.1, -0.05) is 13.0 Å². The minimum atomic E-state index is 0.0181. The number of nitriles is 1. The average molecular weight is 220 g/mol. The first kappa shape index (κ1) is 12.3. The van der Waals surface area contributed by atoms with E-state index in [-0.39, 0.29) is 6.61 Å². The van der Waals surface area contributed by atoms with E-state index >= 15 is 0 Å². The van der Waals surface area contributed by atoms with Crippen molar-refractivity contribution in [1.82, 2.24) is 0 Å². The molecule has 0 unspecified atom stereocenters. The number of ether oxygens (including phenoxy) is 2. The van der Waals surface area contributed by atoms with Crippen molar-refractivity contribution in [2.75, 3.05) is 13.2 Å². The first-order chi connectivity index (χ1) is 7.81. The fourth-order valence-electron chi connectivity index (χ4n) is 1.26. The van der Waals surface area contributed by atoms with Crippen LogP contribution in [0.3, 0.4) is 0 Å². The van der Waals surface area contributed by atoms with Crippen molar-refractivity contribution >= 4 is 0 Å². The Morgan fingerprint density at radius 1 is 1.38 bits per heavy atom. The van der Waals surface area contributed by atoms with E-state index in [1.54, 1.807) is 6.07 Å². The smallest absolute Gasteiger partial charge is 0.174 e. The fraction of sp³-hybridized carbons (Fsp3) is 0.417. The lowest BCUT2D eigenvalue weighted by atomic mass is 10.2. The van der Waals surface area contributed by atoms with E-state index in [4.69, 9.17) is 20.5 Å². The van der Waals surface area contributed by atoms with Gasteiger partial charge in [0.2, 0.25) is 0 Å². The normalized spacial score (nSPS) is 9.56. The number of nitrogens with zero attached hydrogens (tertiary/aromatic N) is 1. The highest BCUT2D eigenvalue weighted by Crippen LogP contribution is 2.24. The summed E-state index contributed by atoms with van der Waals surface area (Å²) in [6, 6.07) is 7.42. The van der Waals surface area contributed by atoms with Crippen LogP contribution in [-0.2, 0) is 6.54 Å². The zero-order valence-electron chi connectivity index (χ0n) is 9.40. The largest absolute Gasteiger partial charge is 0.493 e. The summed E-state index contributed by atoms with van der Waals surface area (Å²) in [4.78, 5) is 0. The van der Waals surface area contributed by atoms with Crippen LogP contribution in [0.25, 0.3) is 0 Å². The first-order valence-corrected chi connectivity index (χ1v) is 5.27. The van der Waals surface area contributed by atoms with E-state index < -0.39 is 0 Å². The van der Waals surface area contributed by atoms with Crippen LogP contribution in [-0.4, -0.2) is 13.2 Å². The Morgan fingerprint density at radius 3 is 2.81 bits per heavy atom. The minimum absolute atomic E-state index is 0.0181. The van der Waals surface area contributed by atoms with Crippen molar-refractivity contribution in [2.24, 2.45) is 5.73 Å². The van der Waals surface area contributed by atoms with Gasteiger partial charge in [0.05, 0.1) is 6.61 Å². The van der Waals surface area contributed by atoms with E-state index in [9.17, 15) is 0 Å². The highest BCUT2D eigenvalue weighted by molar-refractivity contribution is 5.40. The van der Waals surface area contributed by atoms with Crippen molar-refractivity contribution in [3.63, 3.8) is 0 Å². The third kappa shape index (κ3) is 3.44. The summed E-state index contributed by atoms with van der Waals surface area (Å²) in [5.74, 6) is 1.37. The molecule has 4 nitrogen and oxygen atoms in total. The van der Waals surface area contributed by atoms with E-state index in [1.807, 2.05) is 25.1 Å². The molecule has 0 heterocycles. The summed E-state index contributed by atoms with van der Waals surface area (Å²) in [5.41, 5.74) is 6.44. The monoisotopic (exact) mass is 220 g/mol. The molecular formula is C12H16N2O2. The SMILES string of the molecule is CCCOc1ccc(CN)c(OCC#N)c1. The van der Waals surface area contributed by atoms with Gasteiger partial charge in [-0.05, 0) is 12.5 Å². The van der Waals surface area contributed by atoms with Gasteiger partial charge >= 0.3 is 0 Å². The molecule has 4 heteroatoms. The molecule has 0 radical (unpaired) electrons. The van der Waals surface area contributed by atoms with Crippen LogP contribution in [0.1, 0.15) is 18.9 Å². The van der Waals surface area contributed by atoms with Crippen LogP contribution in [0.15, 0.2) is 18.2 Å². The fourth-order valence-corrected chi connectivity index (χ4v) is 1.26. The van der Waals surface area contributed by atoms with Crippen molar-refractivity contribution in [1.29, 1.82) is 5.26 Å². The summed E-state index contributed by atoms with van der Waals surface area (Å²) in [5, 5.41) is 8.46. The van der Waals surface area contributed by atoms with Gasteiger partial charge in [-0.2, -0.15) is 5.26 Å². The lowest BCUT2D eigenvalue weighted by Gasteiger charge is -2.10. The van der Waals surface area contributed by atoms with Crippen LogP contribution in [0.2, 0.25) is 0 Å². The topological polar surface area (TPSA) is 68.3 Å². The van der Waals surface area contributed by atoms with Crippen LogP contribution in [0, 0.1) is 11.3 Å². The van der Waals surface area contributed by atoms with Crippen LogP contribution < -0.4 is 15.2 Å². The van der Waals surface area contributed by atoms with E-state index in [0.717, 1.165) is 17.7 Å². The Bertz CT molecular complexity index is 372. The van der Waals surface area contributed by atoms with Crippen LogP contribution in [0.4, 0.5) is 0 Å². The molecule has 0 aromatic heterocycles. The lowest BCUT2D eigenvalue weighted by molar-refractivity contribution is 0.312. The molecule has 16 heavy (non-hydrogen) atoms. The van der Waals surface area contributed by atoms with Crippen LogP contribution in [0.5, 0.6) is 11.5 Å². The zero-order valence-corrected chi connectivity index (χ0v) is 9.40. The van der Waals surface area contributed by atoms with Gasteiger partial charge in [-0.25, -0.2) is 0 Å². The predicted octanol–water partition coefficient (Wildman–Crippen LogP) is 1.84. The standard InChI is InChI=1S/C12H16N2O2/c1-2-6-15-11-4-3-10(9-14)12(8-11)16-7-5-13/h3-4,8H,2,6-7,9,14H2,1H3. The minimum Gasteiger partial charge on any atom is -0.493 e. The number of hydrogen-bond acceptors (Lipinski definition) is 4. The summed E-state index contributed by atoms with van der Waals surface area (Å²) in [6.45, 7) is 3.11. The summed E-state index contributed by atoms with van der Waals surface area (Å²) in [7, 11) is 0. The lowest BCUT2D eigenvalue weighted by Crippen LogP contribution is -2.03. The summed E-state index contributed by atoms with van der Waals surface area (Å²) < 4.78 is 10.7. The van der Waals surface area contributed by atoms with E-state index in [1.165, 1.54) is 0 Å². The third-order valence-electron chi connectivity index (χ3n) is 2.02. The third-order valence-corrected chi connectivity index (χ3v) is 2.02. The predicted molar refractivity (Wildman–Crippen MR) is 61.2 cm³/mol. The number of rotatable bonds is 6. The molecule has 1 aromatic carbocycles. The molecule has 0 amide bonds. The molecule has 0 atom stereocenters. The molecule has 0 bridgehead atoms. The van der Waals surface area contributed by atoms with Crippen LogP contribution >= 0.6 is 0 Å². The molecule has 1 rings (SSSR count). The Labute approximate surface area is 95.6 Å². The second-order valence-corrected chi connectivity index (χ2v) is 3.27. The summed E-state index contributed by atoms with van der Waals surface area (Å²) >= 11 is 0. The maximum atomic E-state index is 8.46. The van der Waals surface area contributed by atoms with Gasteiger partial charge in [0.25, 0.3) is 0 Å². The maximum absolute atomic E-state index is 8.46. The molecule has 0 aliphatic rings. The maximum Gasteiger partial charge on any atom is 0.174 e. The zero-order chi connectivity index (χ0) is 11.8. The highest BCUT2D eigenvalue weighted by Gasteiger charge is 2.04. The first-order valence-electron chi connectivity index (χ1n) is 5.27. The van der Waals surface area contributed by atoms with Gasteiger partial charge in [-0.3, -0.25) is 0 Å². The molecule has 86 valence electrons. The molecule has 0 aliphatic carbocycles. The van der Waals surface area contributed by atoms with Crippen molar-refractivity contribution < 1.29 is 9.47 Å². The molecule has 2 N–H and O–H groups in total. The highest BCUT2D eigenvalue weighted by atomic mass is 16.5. The van der Waals surface area contributed by atoms with Gasteiger partial charge in [-0.15, -0.1) is 0 Å². The number of hydrogen-bond donors (Lipinski definition) is 1. The Kier molecular flexibility index (Phi) is 5.17. The van der Waals surface area contributed by atoms with Crippen molar-refractivity contribution in [3.8, 4) is 17.6 Å². The Balaban J connectivity index is 2.79. The average Bonchev–Trinajstić information content (AvgIpc) is 2.33. The van der Waals surface area contributed by atoms with Gasteiger partial charge in [0, 0.05) is 18.2 Å². The molecule has 0 spiro atoms. The van der Waals surface area contributed by atoms with E-state index in [2.05, 4.69) is 0 Å². The number of benzene rings is 1. The Morgan fingerprint density at radius 2 is 2.19 bits per heavy atom. The molecule has 0 saturated carbocycles. The second kappa shape index (κ2) is 6.70. The quantitative estimate of drug-likeness (QED) is 0.794. The van der Waals surface area contributed by atoms with Gasteiger partial charge in [0.1, 0.15) is 17.6 Å². The van der Waals surface area contributed by atoms with Crippen molar-refractivity contribution in [2.45, 2.75) is 19.9 Å². The van der Waals surface area contributed by atoms with E-state index in [0.29, 0.717) is 18.9 Å². The number of nitrogens with two attached hydrogens (primary N) is 1. The van der Waals surface area contributed by atoms with Crippen molar-refractivity contribution in [3.05, 3.63) is 23.8 Å².